The van der Waals surface area contributed by atoms with Crippen LogP contribution in [0.15, 0.2) is 12.1 Å². The third-order valence-electron chi connectivity index (χ3n) is 2.88. The van der Waals surface area contributed by atoms with Crippen LogP contribution in [-0.4, -0.2) is 16.3 Å². The number of hydrogen-bond acceptors (Lipinski definition) is 4. The van der Waals surface area contributed by atoms with Gasteiger partial charge in [0.2, 0.25) is 6.79 Å². The molecule has 0 N–H and O–H groups in total. The highest BCUT2D eigenvalue weighted by Gasteiger charge is 2.17. The lowest BCUT2D eigenvalue weighted by atomic mass is 10.2. The minimum atomic E-state index is 0.263. The third kappa shape index (κ3) is 1.49. The maximum atomic E-state index is 8.65. The van der Waals surface area contributed by atoms with Crippen molar-refractivity contribution in [1.82, 2.24) is 9.55 Å². The van der Waals surface area contributed by atoms with Gasteiger partial charge >= 0.3 is 0 Å². The first kappa shape index (κ1) is 9.97. The van der Waals surface area contributed by atoms with Gasteiger partial charge in [-0.2, -0.15) is 5.26 Å². The molecule has 2 heterocycles. The molecule has 1 aromatic heterocycles. The van der Waals surface area contributed by atoms with Crippen LogP contribution in [0.2, 0.25) is 0 Å². The van der Waals surface area contributed by atoms with Crippen molar-refractivity contribution < 1.29 is 9.47 Å². The normalized spacial score (nSPS) is 12.9. The second-order valence-electron chi connectivity index (χ2n) is 3.91. The fourth-order valence-corrected chi connectivity index (χ4v) is 2.08. The predicted octanol–water partition coefficient (Wildman–Crippen LogP) is 1.99. The van der Waals surface area contributed by atoms with Crippen LogP contribution < -0.4 is 9.47 Å². The molecule has 0 atom stereocenters. The van der Waals surface area contributed by atoms with Crippen LogP contribution in [0.1, 0.15) is 12.2 Å². The molecule has 2 aromatic rings. The number of hydrogen-bond donors (Lipinski definition) is 0. The zero-order valence-electron chi connectivity index (χ0n) is 9.43. The topological polar surface area (TPSA) is 60.1 Å². The van der Waals surface area contributed by atoms with Crippen molar-refractivity contribution >= 4 is 11.0 Å². The fourth-order valence-electron chi connectivity index (χ4n) is 2.08. The quantitative estimate of drug-likeness (QED) is 0.790. The number of aryl methyl sites for hydroxylation is 2. The smallest absolute Gasteiger partial charge is 0.231 e. The number of rotatable bonds is 2. The van der Waals surface area contributed by atoms with E-state index < -0.39 is 0 Å². The molecular formula is C12H11N3O2. The standard InChI is InChI=1S/C12H11N3O2/c1-8-14-9-5-11-12(17-7-16-11)6-10(9)15(8)4-2-3-13/h5-6H,2,4,7H2,1H3. The van der Waals surface area contributed by atoms with Crippen molar-refractivity contribution in [3.05, 3.63) is 18.0 Å². The molecule has 0 unspecified atom stereocenters. The van der Waals surface area contributed by atoms with Crippen LogP contribution in [0.4, 0.5) is 0 Å². The highest BCUT2D eigenvalue weighted by molar-refractivity contribution is 5.81. The molecular weight excluding hydrogens is 218 g/mol. The number of imidazole rings is 1. The molecule has 0 spiro atoms. The predicted molar refractivity (Wildman–Crippen MR) is 60.8 cm³/mol. The Morgan fingerprint density at radius 1 is 1.41 bits per heavy atom. The van der Waals surface area contributed by atoms with E-state index in [1.165, 1.54) is 0 Å². The Bertz CT molecular complexity index is 625. The van der Waals surface area contributed by atoms with Crippen LogP contribution in [-0.2, 0) is 6.54 Å². The first-order valence-electron chi connectivity index (χ1n) is 5.43. The van der Waals surface area contributed by atoms with Gasteiger partial charge in [-0.05, 0) is 6.92 Å². The monoisotopic (exact) mass is 229 g/mol. The molecule has 1 aliphatic rings. The molecule has 1 aliphatic heterocycles. The van der Waals surface area contributed by atoms with Gasteiger partial charge < -0.3 is 14.0 Å². The molecule has 3 rings (SSSR count). The van der Waals surface area contributed by atoms with E-state index in [2.05, 4.69) is 11.1 Å². The van der Waals surface area contributed by atoms with E-state index in [4.69, 9.17) is 14.7 Å². The van der Waals surface area contributed by atoms with E-state index in [1.54, 1.807) is 0 Å². The second kappa shape index (κ2) is 3.67. The van der Waals surface area contributed by atoms with Gasteiger partial charge in [0.05, 0.1) is 23.5 Å². The van der Waals surface area contributed by atoms with Gasteiger partial charge in [-0.1, -0.05) is 0 Å². The summed E-state index contributed by atoms with van der Waals surface area (Å²) in [6, 6.07) is 5.95. The summed E-state index contributed by atoms with van der Waals surface area (Å²) in [5.41, 5.74) is 1.87. The summed E-state index contributed by atoms with van der Waals surface area (Å²) in [4.78, 5) is 4.46. The highest BCUT2D eigenvalue weighted by Crippen LogP contribution is 2.36. The van der Waals surface area contributed by atoms with Gasteiger partial charge in [0.1, 0.15) is 5.82 Å². The molecule has 86 valence electrons. The van der Waals surface area contributed by atoms with Crippen molar-refractivity contribution in [1.29, 1.82) is 5.26 Å². The molecule has 1 aromatic carbocycles. The van der Waals surface area contributed by atoms with Crippen LogP contribution >= 0.6 is 0 Å². The molecule has 0 amide bonds. The average molecular weight is 229 g/mol. The van der Waals surface area contributed by atoms with E-state index in [0.717, 1.165) is 28.4 Å². The van der Waals surface area contributed by atoms with E-state index in [-0.39, 0.29) is 6.79 Å². The van der Waals surface area contributed by atoms with Gasteiger partial charge in [-0.25, -0.2) is 4.98 Å². The number of benzene rings is 1. The molecule has 0 bridgehead atoms. The Labute approximate surface area is 98.2 Å². The number of fused-ring (bicyclic) bond motifs is 2. The van der Waals surface area contributed by atoms with E-state index in [9.17, 15) is 0 Å². The van der Waals surface area contributed by atoms with Crippen LogP contribution in [0.5, 0.6) is 11.5 Å². The summed E-state index contributed by atoms with van der Waals surface area (Å²) in [6.45, 7) is 2.85. The maximum absolute atomic E-state index is 8.65. The lowest BCUT2D eigenvalue weighted by Gasteiger charge is -2.03. The van der Waals surface area contributed by atoms with Gasteiger partial charge in [-0.15, -0.1) is 0 Å². The molecule has 5 nitrogen and oxygen atoms in total. The Balaban J connectivity index is 2.15. The fraction of sp³-hybridized carbons (Fsp3) is 0.333. The Morgan fingerprint density at radius 2 is 2.18 bits per heavy atom. The molecule has 0 radical (unpaired) electrons. The number of ether oxygens (including phenoxy) is 2. The Morgan fingerprint density at radius 3 is 2.94 bits per heavy atom. The van der Waals surface area contributed by atoms with Crippen LogP contribution in [0, 0.1) is 18.3 Å². The first-order chi connectivity index (χ1) is 8.29. The summed E-state index contributed by atoms with van der Waals surface area (Å²) in [5.74, 6) is 2.39. The van der Waals surface area contributed by atoms with Gasteiger partial charge in [-0.3, -0.25) is 0 Å². The third-order valence-corrected chi connectivity index (χ3v) is 2.88. The van der Waals surface area contributed by atoms with E-state index >= 15 is 0 Å². The van der Waals surface area contributed by atoms with Gasteiger partial charge in [0, 0.05) is 18.7 Å². The summed E-state index contributed by atoms with van der Waals surface area (Å²) in [7, 11) is 0. The number of nitriles is 1. The van der Waals surface area contributed by atoms with Crippen molar-refractivity contribution in [2.45, 2.75) is 19.9 Å². The lowest BCUT2D eigenvalue weighted by molar-refractivity contribution is 0.174. The average Bonchev–Trinajstić information content (AvgIpc) is 2.87. The largest absolute Gasteiger partial charge is 0.454 e. The molecule has 0 fully saturated rings. The lowest BCUT2D eigenvalue weighted by Crippen LogP contribution is -1.99. The van der Waals surface area contributed by atoms with Crippen LogP contribution in [0.3, 0.4) is 0 Å². The summed E-state index contributed by atoms with van der Waals surface area (Å²) in [6.07, 6.45) is 0.473. The van der Waals surface area contributed by atoms with E-state index in [0.29, 0.717) is 13.0 Å². The second-order valence-corrected chi connectivity index (χ2v) is 3.91. The minimum absolute atomic E-state index is 0.263. The number of aromatic nitrogens is 2. The zero-order valence-corrected chi connectivity index (χ0v) is 9.43. The molecule has 5 heteroatoms. The Kier molecular flexibility index (Phi) is 2.15. The maximum Gasteiger partial charge on any atom is 0.231 e. The van der Waals surface area contributed by atoms with Gasteiger partial charge in [0.15, 0.2) is 11.5 Å². The van der Waals surface area contributed by atoms with Crippen molar-refractivity contribution in [3.63, 3.8) is 0 Å². The van der Waals surface area contributed by atoms with Crippen LogP contribution in [0.25, 0.3) is 11.0 Å². The minimum Gasteiger partial charge on any atom is -0.454 e. The van der Waals surface area contributed by atoms with Crippen molar-refractivity contribution in [2.75, 3.05) is 6.79 Å². The molecule has 0 saturated heterocycles. The zero-order chi connectivity index (χ0) is 11.8. The number of nitrogens with zero attached hydrogens (tertiary/aromatic N) is 3. The molecule has 0 aliphatic carbocycles. The SMILES string of the molecule is Cc1nc2cc3c(cc2n1CCC#N)OCO3. The highest BCUT2D eigenvalue weighted by atomic mass is 16.7. The Hall–Kier alpha value is -2.22. The van der Waals surface area contributed by atoms with Gasteiger partial charge in [0.25, 0.3) is 0 Å². The summed E-state index contributed by atoms with van der Waals surface area (Å²) in [5, 5.41) is 8.65. The summed E-state index contributed by atoms with van der Waals surface area (Å²) >= 11 is 0. The molecule has 17 heavy (non-hydrogen) atoms. The molecule has 0 saturated carbocycles. The van der Waals surface area contributed by atoms with Crippen molar-refractivity contribution in [3.8, 4) is 17.6 Å². The summed E-state index contributed by atoms with van der Waals surface area (Å²) < 4.78 is 12.7. The van der Waals surface area contributed by atoms with Crippen molar-refractivity contribution in [2.24, 2.45) is 0 Å². The van der Waals surface area contributed by atoms with E-state index in [1.807, 2.05) is 23.6 Å². The first-order valence-corrected chi connectivity index (χ1v) is 5.43.